The van der Waals surface area contributed by atoms with Gasteiger partial charge in [-0.2, -0.15) is 4.31 Å². The molecule has 0 radical (unpaired) electrons. The molecule has 0 aliphatic heterocycles. The van der Waals surface area contributed by atoms with E-state index in [9.17, 15) is 8.42 Å². The van der Waals surface area contributed by atoms with Crippen molar-refractivity contribution in [1.82, 2.24) is 9.29 Å². The number of hydrogen-bond acceptors (Lipinski definition) is 4. The average Bonchev–Trinajstić information content (AvgIpc) is 2.43. The average molecular weight is 294 g/mol. The Balaban J connectivity index is 2.62. The number of rotatable bonds is 5. The van der Waals surface area contributed by atoms with Crippen LogP contribution in [-0.2, 0) is 10.0 Å². The van der Waals surface area contributed by atoms with Gasteiger partial charge in [0, 0.05) is 24.7 Å². The zero-order valence-electron chi connectivity index (χ0n) is 11.6. The lowest BCUT2D eigenvalue weighted by molar-refractivity contribution is 0.257. The van der Waals surface area contributed by atoms with Crippen LogP contribution in [0.15, 0.2) is 35.4 Å². The zero-order valence-corrected chi connectivity index (χ0v) is 12.4. The predicted molar refractivity (Wildman–Crippen MR) is 78.0 cm³/mol. The molecule has 2 aromatic rings. The van der Waals surface area contributed by atoms with Gasteiger partial charge in [-0.3, -0.25) is 4.98 Å². The van der Waals surface area contributed by atoms with E-state index in [2.05, 4.69) is 4.98 Å². The molecule has 1 aromatic heterocycles. The summed E-state index contributed by atoms with van der Waals surface area (Å²) in [5, 5.41) is 9.80. The first kappa shape index (κ1) is 14.9. The molecule has 0 amide bonds. The Kier molecular flexibility index (Phi) is 4.37. The van der Waals surface area contributed by atoms with E-state index in [4.69, 9.17) is 5.11 Å². The third-order valence-electron chi connectivity index (χ3n) is 3.13. The highest BCUT2D eigenvalue weighted by Crippen LogP contribution is 2.24. The van der Waals surface area contributed by atoms with Gasteiger partial charge >= 0.3 is 0 Å². The first-order valence-electron chi connectivity index (χ1n) is 6.47. The molecule has 6 heteroatoms. The standard InChI is InChI=1S/C14H18N2O3S/c1-3-16(7-8-17)20(18,19)13-6-4-5-12-9-11(2)10-15-14(12)13/h4-6,9-10,17H,3,7-8H2,1-2H3. The van der Waals surface area contributed by atoms with Crippen LogP contribution in [0.4, 0.5) is 0 Å². The van der Waals surface area contributed by atoms with E-state index in [1.54, 1.807) is 25.3 Å². The fraction of sp³-hybridized carbons (Fsp3) is 0.357. The van der Waals surface area contributed by atoms with Crippen molar-refractivity contribution in [3.8, 4) is 0 Å². The molecule has 1 aromatic carbocycles. The molecule has 0 spiro atoms. The van der Waals surface area contributed by atoms with Gasteiger partial charge < -0.3 is 5.11 Å². The molecule has 1 heterocycles. The SMILES string of the molecule is CCN(CCO)S(=O)(=O)c1cccc2cc(C)cnc12. The van der Waals surface area contributed by atoms with Crippen LogP contribution in [0, 0.1) is 6.92 Å². The van der Waals surface area contributed by atoms with Gasteiger partial charge in [-0.15, -0.1) is 0 Å². The fourth-order valence-electron chi connectivity index (χ4n) is 2.15. The number of aryl methyl sites for hydroxylation is 1. The Labute approximate surface area is 118 Å². The summed E-state index contributed by atoms with van der Waals surface area (Å²) >= 11 is 0. The maximum absolute atomic E-state index is 12.6. The molecule has 20 heavy (non-hydrogen) atoms. The first-order chi connectivity index (χ1) is 9.50. The van der Waals surface area contributed by atoms with Crippen LogP contribution in [0.1, 0.15) is 12.5 Å². The van der Waals surface area contributed by atoms with Gasteiger partial charge in [0.15, 0.2) is 0 Å². The molecule has 0 unspecified atom stereocenters. The monoisotopic (exact) mass is 294 g/mol. The molecule has 0 aliphatic carbocycles. The number of aromatic nitrogens is 1. The number of likely N-dealkylation sites (N-methyl/N-ethyl adjacent to an activating group) is 1. The lowest BCUT2D eigenvalue weighted by Crippen LogP contribution is -2.33. The Morgan fingerprint density at radius 2 is 2.10 bits per heavy atom. The molecule has 108 valence electrons. The van der Waals surface area contributed by atoms with Gasteiger partial charge in [0.1, 0.15) is 4.90 Å². The predicted octanol–water partition coefficient (Wildman–Crippen LogP) is 1.55. The number of fused-ring (bicyclic) bond motifs is 1. The first-order valence-corrected chi connectivity index (χ1v) is 7.91. The molecule has 0 saturated heterocycles. The fourth-order valence-corrected chi connectivity index (χ4v) is 3.76. The number of para-hydroxylation sites is 1. The molecule has 1 N–H and O–H groups in total. The minimum absolute atomic E-state index is 0.0844. The second-order valence-corrected chi connectivity index (χ2v) is 6.47. The van der Waals surface area contributed by atoms with Crippen LogP contribution in [0.25, 0.3) is 10.9 Å². The molecule has 0 atom stereocenters. The van der Waals surface area contributed by atoms with Crippen molar-refractivity contribution in [2.24, 2.45) is 0 Å². The number of hydrogen-bond donors (Lipinski definition) is 1. The highest BCUT2D eigenvalue weighted by molar-refractivity contribution is 7.89. The maximum Gasteiger partial charge on any atom is 0.245 e. The number of sulfonamides is 1. The van der Waals surface area contributed by atoms with E-state index in [0.29, 0.717) is 12.1 Å². The number of aliphatic hydroxyl groups excluding tert-OH is 1. The van der Waals surface area contributed by atoms with E-state index in [0.717, 1.165) is 10.9 Å². The van der Waals surface area contributed by atoms with Crippen molar-refractivity contribution in [3.05, 3.63) is 36.0 Å². The summed E-state index contributed by atoms with van der Waals surface area (Å²) in [6, 6.07) is 7.02. The summed E-state index contributed by atoms with van der Waals surface area (Å²) < 4.78 is 26.5. The van der Waals surface area contributed by atoms with Crippen molar-refractivity contribution in [3.63, 3.8) is 0 Å². The van der Waals surface area contributed by atoms with E-state index in [1.165, 1.54) is 4.31 Å². The van der Waals surface area contributed by atoms with Crippen LogP contribution in [-0.4, -0.2) is 42.5 Å². The minimum atomic E-state index is -3.64. The van der Waals surface area contributed by atoms with Gasteiger partial charge in [0.05, 0.1) is 12.1 Å². The summed E-state index contributed by atoms with van der Waals surface area (Å²) in [5.41, 5.74) is 1.45. The van der Waals surface area contributed by atoms with Crippen molar-refractivity contribution in [2.45, 2.75) is 18.7 Å². The molecule has 0 bridgehead atoms. The number of benzene rings is 1. The summed E-state index contributed by atoms with van der Waals surface area (Å²) in [5.74, 6) is 0. The van der Waals surface area contributed by atoms with Gasteiger partial charge in [-0.05, 0) is 24.6 Å². The molecule has 2 rings (SSSR count). The molecule has 0 fully saturated rings. The van der Waals surface area contributed by atoms with Crippen LogP contribution >= 0.6 is 0 Å². The highest BCUT2D eigenvalue weighted by atomic mass is 32.2. The number of pyridine rings is 1. The second-order valence-electron chi connectivity index (χ2n) is 4.56. The maximum atomic E-state index is 12.6. The Morgan fingerprint density at radius 3 is 2.75 bits per heavy atom. The third kappa shape index (κ3) is 2.67. The van der Waals surface area contributed by atoms with Crippen LogP contribution in [0.3, 0.4) is 0 Å². The lowest BCUT2D eigenvalue weighted by atomic mass is 10.2. The van der Waals surface area contributed by atoms with Gasteiger partial charge in [0.2, 0.25) is 10.0 Å². The molecular formula is C14H18N2O3S. The van der Waals surface area contributed by atoms with Crippen molar-refractivity contribution in [2.75, 3.05) is 19.7 Å². The number of nitrogens with zero attached hydrogens (tertiary/aromatic N) is 2. The zero-order chi connectivity index (χ0) is 14.8. The normalized spacial score (nSPS) is 12.2. The summed E-state index contributed by atoms with van der Waals surface area (Å²) in [7, 11) is -3.64. The largest absolute Gasteiger partial charge is 0.395 e. The van der Waals surface area contributed by atoms with E-state index in [-0.39, 0.29) is 18.0 Å². The molecule has 0 aliphatic rings. The Hall–Kier alpha value is -1.50. The number of aliphatic hydroxyl groups is 1. The summed E-state index contributed by atoms with van der Waals surface area (Å²) in [6.07, 6.45) is 1.66. The lowest BCUT2D eigenvalue weighted by Gasteiger charge is -2.20. The van der Waals surface area contributed by atoms with Crippen LogP contribution in [0.2, 0.25) is 0 Å². The molecule has 0 saturated carbocycles. The smallest absolute Gasteiger partial charge is 0.245 e. The Morgan fingerprint density at radius 1 is 1.35 bits per heavy atom. The molecular weight excluding hydrogens is 276 g/mol. The van der Waals surface area contributed by atoms with E-state index >= 15 is 0 Å². The highest BCUT2D eigenvalue weighted by Gasteiger charge is 2.25. The van der Waals surface area contributed by atoms with E-state index in [1.807, 2.05) is 19.1 Å². The van der Waals surface area contributed by atoms with Crippen LogP contribution in [0.5, 0.6) is 0 Å². The quantitative estimate of drug-likeness (QED) is 0.908. The Bertz CT molecular complexity index is 713. The van der Waals surface area contributed by atoms with Crippen LogP contribution < -0.4 is 0 Å². The topological polar surface area (TPSA) is 70.5 Å². The van der Waals surface area contributed by atoms with Gasteiger partial charge in [-0.1, -0.05) is 19.1 Å². The third-order valence-corrected chi connectivity index (χ3v) is 5.14. The van der Waals surface area contributed by atoms with Crippen molar-refractivity contribution in [1.29, 1.82) is 0 Å². The van der Waals surface area contributed by atoms with E-state index < -0.39 is 10.0 Å². The van der Waals surface area contributed by atoms with Crippen molar-refractivity contribution >= 4 is 20.9 Å². The minimum Gasteiger partial charge on any atom is -0.395 e. The second kappa shape index (κ2) is 5.87. The molecule has 5 nitrogen and oxygen atoms in total. The summed E-state index contributed by atoms with van der Waals surface area (Å²) in [4.78, 5) is 4.44. The van der Waals surface area contributed by atoms with Crippen molar-refractivity contribution < 1.29 is 13.5 Å². The van der Waals surface area contributed by atoms with Gasteiger partial charge in [0.25, 0.3) is 0 Å². The summed E-state index contributed by atoms with van der Waals surface area (Å²) in [6.45, 7) is 3.85. The van der Waals surface area contributed by atoms with Gasteiger partial charge in [-0.25, -0.2) is 8.42 Å².